The summed E-state index contributed by atoms with van der Waals surface area (Å²) in [6.07, 6.45) is 4.70. The quantitative estimate of drug-likeness (QED) is 0.883. The zero-order chi connectivity index (χ0) is 15.7. The number of hydrogen-bond acceptors (Lipinski definition) is 5. The summed E-state index contributed by atoms with van der Waals surface area (Å²) in [6.45, 7) is 6.53. The van der Waals surface area contributed by atoms with E-state index in [-0.39, 0.29) is 18.0 Å². The lowest BCUT2D eigenvalue weighted by molar-refractivity contribution is 0.130. The van der Waals surface area contributed by atoms with Crippen molar-refractivity contribution in [3.8, 4) is 0 Å². The Bertz CT molecular complexity index is 725. The molecular weight excluding hydrogens is 332 g/mol. The molecule has 1 aliphatic heterocycles. The predicted octanol–water partition coefficient (Wildman–Crippen LogP) is 2.73. The third kappa shape index (κ3) is 3.76. The highest BCUT2D eigenvalue weighted by molar-refractivity contribution is 7.18. The number of aromatic amines is 1. The van der Waals surface area contributed by atoms with Crippen LogP contribution in [-0.2, 0) is 6.54 Å². The molecule has 5 nitrogen and oxygen atoms in total. The molecule has 3 heterocycles. The highest BCUT2D eigenvalue weighted by Gasteiger charge is 2.23. The molecule has 128 valence electrons. The second kappa shape index (κ2) is 7.75. The van der Waals surface area contributed by atoms with E-state index in [1.54, 1.807) is 11.3 Å². The van der Waals surface area contributed by atoms with E-state index in [4.69, 9.17) is 10.7 Å². The van der Waals surface area contributed by atoms with Gasteiger partial charge in [0.05, 0.1) is 11.9 Å². The first kappa shape index (κ1) is 18.4. The number of nitrogens with one attached hydrogen (secondary N) is 1. The lowest BCUT2D eigenvalue weighted by atomic mass is 9.99. The predicted molar refractivity (Wildman–Crippen MR) is 98.7 cm³/mol. The number of rotatable bonds is 4. The average molecular weight is 357 g/mol. The Kier molecular flexibility index (Phi) is 6.19. The minimum atomic E-state index is -0.00534. The molecule has 1 atom stereocenters. The van der Waals surface area contributed by atoms with Gasteiger partial charge in [0.2, 0.25) is 0 Å². The number of fused-ring (bicyclic) bond motifs is 1. The smallest absolute Gasteiger partial charge is 0.259 e. The van der Waals surface area contributed by atoms with E-state index in [9.17, 15) is 4.79 Å². The van der Waals surface area contributed by atoms with Crippen molar-refractivity contribution in [1.82, 2.24) is 14.9 Å². The van der Waals surface area contributed by atoms with Crippen LogP contribution in [0.15, 0.2) is 4.79 Å². The van der Waals surface area contributed by atoms with Gasteiger partial charge in [0.15, 0.2) is 0 Å². The molecule has 23 heavy (non-hydrogen) atoms. The molecule has 3 N–H and O–H groups in total. The number of H-pyrrole nitrogens is 1. The van der Waals surface area contributed by atoms with Crippen molar-refractivity contribution in [2.24, 2.45) is 5.73 Å². The van der Waals surface area contributed by atoms with Crippen LogP contribution in [0.3, 0.4) is 0 Å². The van der Waals surface area contributed by atoms with Crippen LogP contribution in [0.2, 0.25) is 0 Å². The van der Waals surface area contributed by atoms with Gasteiger partial charge in [-0.1, -0.05) is 6.42 Å². The van der Waals surface area contributed by atoms with Crippen LogP contribution in [0, 0.1) is 13.8 Å². The number of likely N-dealkylation sites (tertiary alicyclic amines) is 1. The fourth-order valence-corrected chi connectivity index (χ4v) is 4.40. The number of piperidine rings is 1. The van der Waals surface area contributed by atoms with Crippen LogP contribution in [0.1, 0.15) is 41.9 Å². The summed E-state index contributed by atoms with van der Waals surface area (Å²) >= 11 is 1.61. The van der Waals surface area contributed by atoms with Crippen molar-refractivity contribution < 1.29 is 0 Å². The Hall–Kier alpha value is -0.950. The maximum Gasteiger partial charge on any atom is 0.259 e. The minimum Gasteiger partial charge on any atom is -0.330 e. The summed E-state index contributed by atoms with van der Waals surface area (Å²) < 4.78 is 0. The zero-order valence-corrected chi connectivity index (χ0v) is 15.4. The van der Waals surface area contributed by atoms with Crippen molar-refractivity contribution in [3.63, 3.8) is 0 Å². The fraction of sp³-hybridized carbons (Fsp3) is 0.625. The second-order valence-electron chi connectivity index (χ2n) is 6.17. The SMILES string of the molecule is Cc1sc2nc(CN3CCCCC3CCN)[nH]c(=O)c2c1C.Cl. The molecule has 0 aliphatic carbocycles. The third-order valence-electron chi connectivity index (χ3n) is 4.69. The minimum absolute atomic E-state index is 0. The fourth-order valence-electron chi connectivity index (χ4n) is 3.35. The molecule has 0 aromatic carbocycles. The molecule has 7 heteroatoms. The lowest BCUT2D eigenvalue weighted by Crippen LogP contribution is -2.40. The number of nitrogens with zero attached hydrogens (tertiary/aromatic N) is 2. The van der Waals surface area contributed by atoms with Crippen molar-refractivity contribution in [2.75, 3.05) is 13.1 Å². The largest absolute Gasteiger partial charge is 0.330 e. The molecule has 2 aromatic heterocycles. The van der Waals surface area contributed by atoms with Gasteiger partial charge in [-0.2, -0.15) is 0 Å². The van der Waals surface area contributed by atoms with E-state index in [2.05, 4.69) is 9.88 Å². The first-order chi connectivity index (χ1) is 10.6. The van der Waals surface area contributed by atoms with Gasteiger partial charge in [-0.25, -0.2) is 4.98 Å². The first-order valence-electron chi connectivity index (χ1n) is 8.03. The van der Waals surface area contributed by atoms with Gasteiger partial charge >= 0.3 is 0 Å². The van der Waals surface area contributed by atoms with Gasteiger partial charge in [0.1, 0.15) is 10.7 Å². The standard InChI is InChI=1S/C16H24N4OS.ClH/c1-10-11(2)22-16-14(10)15(21)18-13(19-16)9-20-8-4-3-5-12(20)6-7-17;/h12H,3-9,17H2,1-2H3,(H,18,19,21);1H. The van der Waals surface area contributed by atoms with Crippen LogP contribution in [0.5, 0.6) is 0 Å². The van der Waals surface area contributed by atoms with Gasteiger partial charge < -0.3 is 10.7 Å². The van der Waals surface area contributed by atoms with Crippen LogP contribution in [-0.4, -0.2) is 34.0 Å². The summed E-state index contributed by atoms with van der Waals surface area (Å²) in [5.41, 5.74) is 6.78. The van der Waals surface area contributed by atoms with Crippen molar-refractivity contribution in [2.45, 2.75) is 52.1 Å². The Balaban J connectivity index is 0.00000192. The highest BCUT2D eigenvalue weighted by Crippen LogP contribution is 2.26. The first-order valence-corrected chi connectivity index (χ1v) is 8.85. The van der Waals surface area contributed by atoms with Crippen molar-refractivity contribution >= 4 is 34.0 Å². The van der Waals surface area contributed by atoms with Crippen molar-refractivity contribution in [3.05, 3.63) is 26.6 Å². The third-order valence-corrected chi connectivity index (χ3v) is 5.79. The number of halogens is 1. The van der Waals surface area contributed by atoms with E-state index in [0.717, 1.165) is 34.6 Å². The molecule has 1 fully saturated rings. The van der Waals surface area contributed by atoms with E-state index in [1.807, 2.05) is 13.8 Å². The van der Waals surface area contributed by atoms with Gasteiger partial charge in [-0.15, -0.1) is 23.7 Å². The number of hydrogen-bond donors (Lipinski definition) is 2. The molecule has 1 aliphatic rings. The molecular formula is C16H25ClN4OS. The highest BCUT2D eigenvalue weighted by atomic mass is 35.5. The Morgan fingerprint density at radius 2 is 2.17 bits per heavy atom. The van der Waals surface area contributed by atoms with Crippen LogP contribution in [0.4, 0.5) is 0 Å². The van der Waals surface area contributed by atoms with Gasteiger partial charge in [-0.05, 0) is 51.8 Å². The molecule has 3 rings (SSSR count). The molecule has 0 radical (unpaired) electrons. The maximum absolute atomic E-state index is 12.4. The Labute approximate surface area is 146 Å². The number of aryl methyl sites for hydroxylation is 2. The molecule has 0 bridgehead atoms. The van der Waals surface area contributed by atoms with E-state index in [0.29, 0.717) is 19.1 Å². The Morgan fingerprint density at radius 3 is 2.91 bits per heavy atom. The monoisotopic (exact) mass is 356 g/mol. The molecule has 0 spiro atoms. The normalized spacial score (nSPS) is 19.0. The van der Waals surface area contributed by atoms with Gasteiger partial charge in [-0.3, -0.25) is 9.69 Å². The van der Waals surface area contributed by atoms with Crippen molar-refractivity contribution in [1.29, 1.82) is 0 Å². The summed E-state index contributed by atoms with van der Waals surface area (Å²) in [5.74, 6) is 0.780. The number of nitrogens with two attached hydrogens (primary N) is 1. The van der Waals surface area contributed by atoms with Gasteiger partial charge in [0.25, 0.3) is 5.56 Å². The summed E-state index contributed by atoms with van der Waals surface area (Å²) in [7, 11) is 0. The number of aromatic nitrogens is 2. The molecule has 1 saturated heterocycles. The van der Waals surface area contributed by atoms with E-state index in [1.165, 1.54) is 24.1 Å². The van der Waals surface area contributed by atoms with E-state index >= 15 is 0 Å². The molecule has 0 amide bonds. The zero-order valence-electron chi connectivity index (χ0n) is 13.7. The van der Waals surface area contributed by atoms with Gasteiger partial charge in [0, 0.05) is 10.9 Å². The second-order valence-corrected chi connectivity index (χ2v) is 7.38. The molecule has 2 aromatic rings. The summed E-state index contributed by atoms with van der Waals surface area (Å²) in [4.78, 5) is 24.5. The molecule has 1 unspecified atom stereocenters. The summed E-state index contributed by atoms with van der Waals surface area (Å²) in [5, 5.41) is 0.753. The van der Waals surface area contributed by atoms with Crippen LogP contribution >= 0.6 is 23.7 Å². The summed E-state index contributed by atoms with van der Waals surface area (Å²) in [6, 6.07) is 0.520. The average Bonchev–Trinajstić information content (AvgIpc) is 2.77. The molecule has 0 saturated carbocycles. The topological polar surface area (TPSA) is 75.0 Å². The van der Waals surface area contributed by atoms with Crippen LogP contribution < -0.4 is 11.3 Å². The number of thiophene rings is 1. The maximum atomic E-state index is 12.4. The Morgan fingerprint density at radius 1 is 1.39 bits per heavy atom. The lowest BCUT2D eigenvalue weighted by Gasteiger charge is -2.35. The van der Waals surface area contributed by atoms with Crippen LogP contribution in [0.25, 0.3) is 10.2 Å². The van der Waals surface area contributed by atoms with E-state index < -0.39 is 0 Å².